The lowest BCUT2D eigenvalue weighted by Crippen LogP contribution is -2.39. The van der Waals surface area contributed by atoms with Gasteiger partial charge in [0.15, 0.2) is 0 Å². The van der Waals surface area contributed by atoms with Gasteiger partial charge in [0.1, 0.15) is 5.75 Å². The summed E-state index contributed by atoms with van der Waals surface area (Å²) in [6.07, 6.45) is 5.62. The zero-order valence-electron chi connectivity index (χ0n) is 16.9. The Morgan fingerprint density at radius 1 is 1.00 bits per heavy atom. The fraction of sp³-hybridized carbons (Fsp3) is 0.636. The average molecular weight is 373 g/mol. The highest BCUT2D eigenvalue weighted by Crippen LogP contribution is 2.28. The summed E-state index contributed by atoms with van der Waals surface area (Å²) < 4.78 is 5.53. The first-order chi connectivity index (χ1) is 13.0. The number of hydrogen-bond acceptors (Lipinski definition) is 3. The van der Waals surface area contributed by atoms with Crippen molar-refractivity contribution < 1.29 is 14.3 Å². The molecule has 148 valence electrons. The van der Waals surface area contributed by atoms with E-state index in [-0.39, 0.29) is 11.8 Å². The monoisotopic (exact) mass is 372 g/mol. The average Bonchev–Trinajstić information content (AvgIpc) is 3.05. The molecule has 27 heavy (non-hydrogen) atoms. The minimum absolute atomic E-state index is 0.119. The SMILES string of the molecule is COc1c(C)cc(C)cc1CC(=O)N1CCCN(C(=O)C2CCCC2)CC1. The standard InChI is InChI=1S/C22H32N2O3/c1-16-13-17(2)21(27-3)19(14-16)15-20(25)23-9-6-10-24(12-11-23)22(26)18-7-4-5-8-18/h13-14,18H,4-12,15H2,1-3H3. The Kier molecular flexibility index (Phi) is 6.40. The van der Waals surface area contributed by atoms with Gasteiger partial charge in [-0.15, -0.1) is 0 Å². The number of hydrogen-bond donors (Lipinski definition) is 0. The molecule has 0 spiro atoms. The van der Waals surface area contributed by atoms with Crippen molar-refractivity contribution in [3.05, 3.63) is 28.8 Å². The van der Waals surface area contributed by atoms with Crippen molar-refractivity contribution in [3.63, 3.8) is 0 Å². The number of carbonyl (C=O) groups is 2. The summed E-state index contributed by atoms with van der Waals surface area (Å²) in [4.78, 5) is 29.5. The molecule has 2 amide bonds. The zero-order valence-corrected chi connectivity index (χ0v) is 16.9. The number of ether oxygens (including phenoxy) is 1. The van der Waals surface area contributed by atoms with Gasteiger partial charge in [-0.25, -0.2) is 0 Å². The molecule has 0 aromatic heterocycles. The van der Waals surface area contributed by atoms with Crippen molar-refractivity contribution in [1.29, 1.82) is 0 Å². The first kappa shape index (κ1) is 19.7. The Morgan fingerprint density at radius 2 is 1.67 bits per heavy atom. The topological polar surface area (TPSA) is 49.9 Å². The number of methoxy groups -OCH3 is 1. The second kappa shape index (κ2) is 8.77. The van der Waals surface area contributed by atoms with Gasteiger partial charge in [0.05, 0.1) is 13.5 Å². The van der Waals surface area contributed by atoms with E-state index in [2.05, 4.69) is 6.07 Å². The molecule has 2 fully saturated rings. The first-order valence-electron chi connectivity index (χ1n) is 10.2. The highest BCUT2D eigenvalue weighted by Gasteiger charge is 2.29. The van der Waals surface area contributed by atoms with Gasteiger partial charge in [-0.3, -0.25) is 9.59 Å². The van der Waals surface area contributed by atoms with Gasteiger partial charge in [0.25, 0.3) is 0 Å². The van der Waals surface area contributed by atoms with Crippen molar-refractivity contribution in [3.8, 4) is 5.75 Å². The van der Waals surface area contributed by atoms with Crippen LogP contribution in [0.4, 0.5) is 0 Å². The quantitative estimate of drug-likeness (QED) is 0.816. The molecule has 0 N–H and O–H groups in total. The third kappa shape index (κ3) is 4.63. The summed E-state index contributed by atoms with van der Waals surface area (Å²) in [5, 5.41) is 0. The van der Waals surface area contributed by atoms with Crippen molar-refractivity contribution in [2.45, 2.75) is 52.4 Å². The van der Waals surface area contributed by atoms with Crippen molar-refractivity contribution in [2.24, 2.45) is 5.92 Å². The lowest BCUT2D eigenvalue weighted by Gasteiger charge is -2.25. The molecule has 1 aliphatic heterocycles. The Labute approximate surface area is 162 Å². The fourth-order valence-corrected chi connectivity index (χ4v) is 4.56. The summed E-state index contributed by atoms with van der Waals surface area (Å²) in [6.45, 7) is 6.83. The van der Waals surface area contributed by atoms with Gasteiger partial charge < -0.3 is 14.5 Å². The number of rotatable bonds is 4. The number of carbonyl (C=O) groups excluding carboxylic acids is 2. The van der Waals surface area contributed by atoms with E-state index in [4.69, 9.17) is 4.74 Å². The maximum Gasteiger partial charge on any atom is 0.227 e. The molecule has 3 rings (SSSR count). The highest BCUT2D eigenvalue weighted by molar-refractivity contribution is 5.81. The molecule has 0 atom stereocenters. The van der Waals surface area contributed by atoms with E-state index >= 15 is 0 Å². The molecular weight excluding hydrogens is 340 g/mol. The molecule has 0 radical (unpaired) electrons. The first-order valence-corrected chi connectivity index (χ1v) is 10.2. The molecular formula is C22H32N2O3. The molecule has 1 aromatic carbocycles. The lowest BCUT2D eigenvalue weighted by molar-refractivity contribution is -0.136. The molecule has 1 saturated carbocycles. The van der Waals surface area contributed by atoms with Gasteiger partial charge in [0, 0.05) is 37.7 Å². The molecule has 1 aliphatic carbocycles. The van der Waals surface area contributed by atoms with Crippen LogP contribution in [0.3, 0.4) is 0 Å². The Bertz CT molecular complexity index is 695. The molecule has 1 aromatic rings. The second-order valence-corrected chi connectivity index (χ2v) is 7.99. The van der Waals surface area contributed by atoms with E-state index in [0.717, 1.165) is 54.8 Å². The third-order valence-electron chi connectivity index (χ3n) is 5.91. The summed E-state index contributed by atoms with van der Waals surface area (Å²) >= 11 is 0. The molecule has 1 saturated heterocycles. The van der Waals surface area contributed by atoms with E-state index in [0.29, 0.717) is 25.4 Å². The van der Waals surface area contributed by atoms with E-state index in [1.165, 1.54) is 12.8 Å². The van der Waals surface area contributed by atoms with Crippen LogP contribution >= 0.6 is 0 Å². The van der Waals surface area contributed by atoms with Crippen LogP contribution < -0.4 is 4.74 Å². The van der Waals surface area contributed by atoms with Crippen LogP contribution in [0.25, 0.3) is 0 Å². The van der Waals surface area contributed by atoms with Gasteiger partial charge in [-0.05, 0) is 38.7 Å². The molecule has 5 nitrogen and oxygen atoms in total. The molecule has 5 heteroatoms. The van der Waals surface area contributed by atoms with Crippen molar-refractivity contribution in [1.82, 2.24) is 9.80 Å². The predicted molar refractivity (Wildman–Crippen MR) is 106 cm³/mol. The van der Waals surface area contributed by atoms with Crippen LogP contribution in [-0.4, -0.2) is 54.9 Å². The molecule has 0 unspecified atom stereocenters. The smallest absolute Gasteiger partial charge is 0.227 e. The van der Waals surface area contributed by atoms with Crippen LogP contribution in [0.15, 0.2) is 12.1 Å². The van der Waals surface area contributed by atoms with E-state index in [9.17, 15) is 9.59 Å². The van der Waals surface area contributed by atoms with Gasteiger partial charge in [-0.1, -0.05) is 30.5 Å². The molecule has 0 bridgehead atoms. The summed E-state index contributed by atoms with van der Waals surface area (Å²) in [6, 6.07) is 4.11. The lowest BCUT2D eigenvalue weighted by atomic mass is 10.0. The number of benzene rings is 1. The van der Waals surface area contributed by atoms with Crippen molar-refractivity contribution in [2.75, 3.05) is 33.3 Å². The minimum Gasteiger partial charge on any atom is -0.496 e. The van der Waals surface area contributed by atoms with Crippen LogP contribution in [0.1, 0.15) is 48.8 Å². The Balaban J connectivity index is 1.62. The molecule has 2 aliphatic rings. The van der Waals surface area contributed by atoms with Gasteiger partial charge in [0.2, 0.25) is 11.8 Å². The third-order valence-corrected chi connectivity index (χ3v) is 5.91. The Morgan fingerprint density at radius 3 is 2.37 bits per heavy atom. The Hall–Kier alpha value is -2.04. The van der Waals surface area contributed by atoms with E-state index < -0.39 is 0 Å². The van der Waals surface area contributed by atoms with Crippen LogP contribution in [-0.2, 0) is 16.0 Å². The second-order valence-electron chi connectivity index (χ2n) is 7.99. The number of amides is 2. The van der Waals surface area contributed by atoms with Gasteiger partial charge >= 0.3 is 0 Å². The van der Waals surface area contributed by atoms with E-state index in [1.807, 2.05) is 29.7 Å². The zero-order chi connectivity index (χ0) is 19.4. The van der Waals surface area contributed by atoms with Gasteiger partial charge in [-0.2, -0.15) is 0 Å². The highest BCUT2D eigenvalue weighted by atomic mass is 16.5. The maximum atomic E-state index is 12.9. The number of aryl methyl sites for hydroxylation is 2. The summed E-state index contributed by atoms with van der Waals surface area (Å²) in [5.74, 6) is 1.44. The number of nitrogens with zero attached hydrogens (tertiary/aromatic N) is 2. The summed E-state index contributed by atoms with van der Waals surface area (Å²) in [5.41, 5.74) is 3.15. The normalized spacial score (nSPS) is 18.5. The van der Waals surface area contributed by atoms with Crippen LogP contribution in [0.2, 0.25) is 0 Å². The maximum absolute atomic E-state index is 12.9. The van der Waals surface area contributed by atoms with Crippen LogP contribution in [0, 0.1) is 19.8 Å². The van der Waals surface area contributed by atoms with Crippen LogP contribution in [0.5, 0.6) is 5.75 Å². The largest absolute Gasteiger partial charge is 0.496 e. The predicted octanol–water partition coefficient (Wildman–Crippen LogP) is 3.11. The fourth-order valence-electron chi connectivity index (χ4n) is 4.56. The summed E-state index contributed by atoms with van der Waals surface area (Å²) in [7, 11) is 1.66. The minimum atomic E-state index is 0.119. The van der Waals surface area contributed by atoms with E-state index in [1.54, 1.807) is 7.11 Å². The van der Waals surface area contributed by atoms with Crippen molar-refractivity contribution >= 4 is 11.8 Å². The molecule has 1 heterocycles.